The topological polar surface area (TPSA) is 37.6 Å². The Hall–Kier alpha value is -0.840. The average Bonchev–Trinajstić information content (AvgIpc) is 3.31. The van der Waals surface area contributed by atoms with Crippen LogP contribution in [0, 0.1) is 0 Å². The van der Waals surface area contributed by atoms with Gasteiger partial charge in [-0.25, -0.2) is 0 Å². The Morgan fingerprint density at radius 3 is 2.95 bits per heavy atom. The Balaban J connectivity index is 1.30. The van der Waals surface area contributed by atoms with Gasteiger partial charge in [0.05, 0.1) is 12.9 Å². The summed E-state index contributed by atoms with van der Waals surface area (Å²) in [5.41, 5.74) is 1.22. The molecule has 106 valence electrons. The van der Waals surface area contributed by atoms with Crippen molar-refractivity contribution in [2.24, 2.45) is 0 Å². The molecule has 0 bridgehead atoms. The maximum Gasteiger partial charge on any atom is 0.129 e. The molecule has 2 fully saturated rings. The summed E-state index contributed by atoms with van der Waals surface area (Å²) in [4.78, 5) is 2.38. The quantitative estimate of drug-likeness (QED) is 0.693. The van der Waals surface area contributed by atoms with Gasteiger partial charge in [-0.2, -0.15) is 0 Å². The van der Waals surface area contributed by atoms with Gasteiger partial charge in [-0.1, -0.05) is 0 Å². The van der Waals surface area contributed by atoms with E-state index >= 15 is 0 Å². The first-order valence-electron chi connectivity index (χ1n) is 7.39. The number of likely N-dealkylation sites (N-methyl/N-ethyl adjacent to an activating group) is 1. The summed E-state index contributed by atoms with van der Waals surface area (Å²) in [5, 5.41) is 3.48. The summed E-state index contributed by atoms with van der Waals surface area (Å²) >= 11 is 0. The van der Waals surface area contributed by atoms with Crippen LogP contribution in [0.3, 0.4) is 0 Å². The van der Waals surface area contributed by atoms with Gasteiger partial charge in [0, 0.05) is 30.7 Å². The summed E-state index contributed by atoms with van der Waals surface area (Å²) in [6.45, 7) is 3.30. The number of furan rings is 1. The lowest BCUT2D eigenvalue weighted by atomic mass is 10.3. The lowest BCUT2D eigenvalue weighted by Crippen LogP contribution is -2.25. The molecule has 1 aromatic rings. The van der Waals surface area contributed by atoms with Crippen LogP contribution in [0.25, 0.3) is 0 Å². The number of rotatable bonds is 9. The van der Waals surface area contributed by atoms with Crippen LogP contribution in [0.15, 0.2) is 16.7 Å². The van der Waals surface area contributed by atoms with Crippen LogP contribution in [-0.4, -0.2) is 37.2 Å². The molecule has 0 spiro atoms. The van der Waals surface area contributed by atoms with Crippen LogP contribution in [0.2, 0.25) is 0 Å². The molecule has 1 N–H and O–H groups in total. The first kappa shape index (κ1) is 13.2. The molecule has 19 heavy (non-hydrogen) atoms. The number of ether oxygens (including phenoxy) is 1. The molecule has 0 radical (unpaired) electrons. The Morgan fingerprint density at radius 2 is 2.21 bits per heavy atom. The zero-order chi connectivity index (χ0) is 13.1. The first-order chi connectivity index (χ1) is 9.31. The first-order valence-corrected chi connectivity index (χ1v) is 7.39. The van der Waals surface area contributed by atoms with Crippen molar-refractivity contribution in [1.82, 2.24) is 10.2 Å². The van der Waals surface area contributed by atoms with Gasteiger partial charge in [0.1, 0.15) is 12.4 Å². The van der Waals surface area contributed by atoms with Gasteiger partial charge in [-0.05, 0) is 38.8 Å². The molecule has 2 saturated carbocycles. The SMILES string of the molecule is CN(CCOCc1cc(CNC2CC2)co1)C1CC1. The molecule has 0 amide bonds. The van der Waals surface area contributed by atoms with Gasteiger partial charge < -0.3 is 19.4 Å². The molecule has 2 aliphatic carbocycles. The van der Waals surface area contributed by atoms with Crippen LogP contribution in [0.1, 0.15) is 37.0 Å². The monoisotopic (exact) mass is 264 g/mol. The average molecular weight is 264 g/mol. The molecule has 4 nitrogen and oxygen atoms in total. The maximum absolute atomic E-state index is 5.66. The van der Waals surface area contributed by atoms with Crippen molar-refractivity contribution in [2.45, 2.75) is 50.9 Å². The summed E-state index contributed by atoms with van der Waals surface area (Å²) in [5.74, 6) is 0.932. The fraction of sp³-hybridized carbons (Fsp3) is 0.733. The highest BCUT2D eigenvalue weighted by Gasteiger charge is 2.25. The molecular weight excluding hydrogens is 240 g/mol. The summed E-state index contributed by atoms with van der Waals surface area (Å²) in [6.07, 6.45) is 7.19. The van der Waals surface area contributed by atoms with Crippen molar-refractivity contribution in [2.75, 3.05) is 20.2 Å². The van der Waals surface area contributed by atoms with Crippen LogP contribution in [0.4, 0.5) is 0 Å². The predicted molar refractivity (Wildman–Crippen MR) is 73.9 cm³/mol. The van der Waals surface area contributed by atoms with Crippen LogP contribution >= 0.6 is 0 Å². The van der Waals surface area contributed by atoms with Gasteiger partial charge in [0.2, 0.25) is 0 Å². The molecule has 0 atom stereocenters. The molecule has 1 aromatic heterocycles. The Kier molecular flexibility index (Phi) is 4.21. The standard InChI is InChI=1S/C15H24N2O2/c1-17(14-4-5-14)6-7-18-11-15-8-12(10-19-15)9-16-13-2-3-13/h8,10,13-14,16H,2-7,9,11H2,1H3. The second-order valence-corrected chi connectivity index (χ2v) is 5.84. The molecule has 0 aromatic carbocycles. The van der Waals surface area contributed by atoms with Crippen LogP contribution in [-0.2, 0) is 17.9 Å². The van der Waals surface area contributed by atoms with E-state index < -0.39 is 0 Å². The lowest BCUT2D eigenvalue weighted by molar-refractivity contribution is 0.0863. The van der Waals surface area contributed by atoms with E-state index in [1.54, 1.807) is 0 Å². The third-order valence-corrected chi connectivity index (χ3v) is 3.88. The van der Waals surface area contributed by atoms with E-state index in [9.17, 15) is 0 Å². The molecule has 3 rings (SSSR count). The van der Waals surface area contributed by atoms with E-state index in [4.69, 9.17) is 9.15 Å². The highest BCUT2D eigenvalue weighted by Crippen LogP contribution is 2.24. The molecule has 1 heterocycles. The van der Waals surface area contributed by atoms with Crippen molar-refractivity contribution >= 4 is 0 Å². The number of hydrogen-bond donors (Lipinski definition) is 1. The third-order valence-electron chi connectivity index (χ3n) is 3.88. The second kappa shape index (κ2) is 6.07. The Bertz CT molecular complexity index is 397. The van der Waals surface area contributed by atoms with Crippen molar-refractivity contribution in [3.8, 4) is 0 Å². The number of nitrogens with zero attached hydrogens (tertiary/aromatic N) is 1. The van der Waals surface area contributed by atoms with Crippen molar-refractivity contribution in [3.05, 3.63) is 23.7 Å². The minimum Gasteiger partial charge on any atom is -0.467 e. The van der Waals surface area contributed by atoms with E-state index in [1.807, 2.05) is 6.26 Å². The van der Waals surface area contributed by atoms with Crippen molar-refractivity contribution in [1.29, 1.82) is 0 Å². The van der Waals surface area contributed by atoms with Gasteiger partial charge >= 0.3 is 0 Å². The zero-order valence-corrected chi connectivity index (χ0v) is 11.7. The zero-order valence-electron chi connectivity index (χ0n) is 11.7. The van der Waals surface area contributed by atoms with Gasteiger partial charge in [-0.15, -0.1) is 0 Å². The fourth-order valence-electron chi connectivity index (χ4n) is 2.22. The van der Waals surface area contributed by atoms with Gasteiger partial charge in [-0.3, -0.25) is 0 Å². The molecule has 2 aliphatic rings. The Labute approximate surface area is 115 Å². The minimum atomic E-state index is 0.585. The van der Waals surface area contributed by atoms with Crippen molar-refractivity contribution in [3.63, 3.8) is 0 Å². The number of hydrogen-bond acceptors (Lipinski definition) is 4. The van der Waals surface area contributed by atoms with Crippen molar-refractivity contribution < 1.29 is 9.15 Å². The largest absolute Gasteiger partial charge is 0.467 e. The summed E-state index contributed by atoms with van der Waals surface area (Å²) in [7, 11) is 2.18. The highest BCUT2D eigenvalue weighted by atomic mass is 16.5. The fourth-order valence-corrected chi connectivity index (χ4v) is 2.22. The smallest absolute Gasteiger partial charge is 0.129 e. The summed E-state index contributed by atoms with van der Waals surface area (Å²) in [6, 6.07) is 3.65. The highest BCUT2D eigenvalue weighted by molar-refractivity contribution is 5.12. The lowest BCUT2D eigenvalue weighted by Gasteiger charge is -2.14. The normalized spacial score (nSPS) is 19.3. The molecule has 0 unspecified atom stereocenters. The molecule has 0 saturated heterocycles. The maximum atomic E-state index is 5.66. The predicted octanol–water partition coefficient (Wildman–Crippen LogP) is 2.14. The molecule has 0 aliphatic heterocycles. The van der Waals surface area contributed by atoms with Crippen LogP contribution < -0.4 is 5.32 Å². The van der Waals surface area contributed by atoms with E-state index in [-0.39, 0.29) is 0 Å². The second-order valence-electron chi connectivity index (χ2n) is 5.84. The van der Waals surface area contributed by atoms with E-state index in [1.165, 1.54) is 31.2 Å². The molecular formula is C15H24N2O2. The van der Waals surface area contributed by atoms with Gasteiger partial charge in [0.15, 0.2) is 0 Å². The minimum absolute atomic E-state index is 0.585. The van der Waals surface area contributed by atoms with Crippen LogP contribution in [0.5, 0.6) is 0 Å². The summed E-state index contributed by atoms with van der Waals surface area (Å²) < 4.78 is 11.2. The number of nitrogens with one attached hydrogen (secondary N) is 1. The third kappa shape index (κ3) is 4.34. The van der Waals surface area contributed by atoms with E-state index in [0.717, 1.165) is 37.5 Å². The van der Waals surface area contributed by atoms with E-state index in [0.29, 0.717) is 6.61 Å². The molecule has 4 heteroatoms. The van der Waals surface area contributed by atoms with E-state index in [2.05, 4.69) is 23.3 Å². The van der Waals surface area contributed by atoms with Gasteiger partial charge in [0.25, 0.3) is 0 Å². The Morgan fingerprint density at radius 1 is 1.37 bits per heavy atom.